The number of ether oxygens (including phenoxy) is 1. The van der Waals surface area contributed by atoms with E-state index in [1.165, 1.54) is 31.5 Å². The lowest BCUT2D eigenvalue weighted by atomic mass is 10.2. The second-order valence-corrected chi connectivity index (χ2v) is 4.60. The van der Waals surface area contributed by atoms with Crippen LogP contribution in [0.15, 0.2) is 41.0 Å². The third kappa shape index (κ3) is 4.29. The maximum Gasteiger partial charge on any atom is 0.341 e. The molecule has 0 aromatic carbocycles. The maximum absolute atomic E-state index is 11.7. The van der Waals surface area contributed by atoms with Crippen LogP contribution in [0.25, 0.3) is 6.08 Å². The average molecular weight is 329 g/mol. The van der Waals surface area contributed by atoms with Gasteiger partial charge in [0.1, 0.15) is 22.8 Å². The van der Waals surface area contributed by atoms with Crippen LogP contribution in [0.4, 0.5) is 0 Å². The number of furan rings is 1. The van der Waals surface area contributed by atoms with Gasteiger partial charge in [-0.05, 0) is 31.2 Å². The maximum atomic E-state index is 11.7. The van der Waals surface area contributed by atoms with Gasteiger partial charge in [-0.15, -0.1) is 0 Å². The molecule has 2 amide bonds. The van der Waals surface area contributed by atoms with E-state index in [1.54, 1.807) is 19.1 Å². The Hall–Kier alpha value is -3.42. The Balaban J connectivity index is 1.91. The van der Waals surface area contributed by atoms with E-state index in [2.05, 4.69) is 20.6 Å². The van der Waals surface area contributed by atoms with Crippen molar-refractivity contribution in [2.75, 3.05) is 7.11 Å². The first kappa shape index (κ1) is 16.9. The summed E-state index contributed by atoms with van der Waals surface area (Å²) >= 11 is 0. The number of carbonyl (C=O) groups excluding carboxylic acids is 3. The van der Waals surface area contributed by atoms with Gasteiger partial charge in [0.2, 0.25) is 0 Å². The molecule has 2 N–H and O–H groups in total. The normalized spacial score (nSPS) is 10.4. The predicted octanol–water partition coefficient (Wildman–Crippen LogP) is 1.24. The molecule has 24 heavy (non-hydrogen) atoms. The molecule has 2 aromatic heterocycles. The third-order valence-electron chi connectivity index (χ3n) is 2.94. The summed E-state index contributed by atoms with van der Waals surface area (Å²) in [5.74, 6) is -0.959. The fraction of sp³-hybridized carbons (Fsp3) is 0.125. The van der Waals surface area contributed by atoms with Crippen LogP contribution in [-0.4, -0.2) is 29.9 Å². The first-order chi connectivity index (χ1) is 11.5. The highest BCUT2D eigenvalue weighted by Crippen LogP contribution is 2.16. The molecule has 2 aromatic rings. The quantitative estimate of drug-likeness (QED) is 0.496. The fourth-order valence-electron chi connectivity index (χ4n) is 1.78. The van der Waals surface area contributed by atoms with E-state index in [4.69, 9.17) is 4.42 Å². The van der Waals surface area contributed by atoms with Gasteiger partial charge in [-0.2, -0.15) is 0 Å². The zero-order chi connectivity index (χ0) is 17.5. The number of pyridine rings is 1. The monoisotopic (exact) mass is 329 g/mol. The number of aromatic nitrogens is 1. The molecule has 0 bridgehead atoms. The number of hydrogen-bond acceptors (Lipinski definition) is 6. The number of esters is 1. The molecule has 0 saturated carbocycles. The molecule has 0 aliphatic carbocycles. The van der Waals surface area contributed by atoms with Gasteiger partial charge in [0, 0.05) is 12.3 Å². The van der Waals surface area contributed by atoms with Crippen LogP contribution in [0.1, 0.15) is 32.4 Å². The third-order valence-corrected chi connectivity index (χ3v) is 2.94. The number of hydrazine groups is 1. The van der Waals surface area contributed by atoms with Crippen molar-refractivity contribution in [1.29, 1.82) is 0 Å². The Morgan fingerprint density at radius 2 is 2.04 bits per heavy atom. The van der Waals surface area contributed by atoms with E-state index in [1.807, 2.05) is 0 Å². The van der Waals surface area contributed by atoms with Crippen LogP contribution in [0.2, 0.25) is 0 Å². The molecule has 0 aliphatic heterocycles. The van der Waals surface area contributed by atoms with Gasteiger partial charge in [-0.3, -0.25) is 25.4 Å². The number of nitrogens with one attached hydrogen (secondary N) is 2. The van der Waals surface area contributed by atoms with Gasteiger partial charge < -0.3 is 9.15 Å². The highest BCUT2D eigenvalue weighted by molar-refractivity contribution is 5.97. The number of methoxy groups -OCH3 is 1. The molecule has 8 nitrogen and oxygen atoms in total. The summed E-state index contributed by atoms with van der Waals surface area (Å²) < 4.78 is 9.93. The molecule has 0 aliphatic rings. The summed E-state index contributed by atoms with van der Waals surface area (Å²) in [6, 6.07) is 6.29. The van der Waals surface area contributed by atoms with Crippen LogP contribution >= 0.6 is 0 Å². The molecule has 124 valence electrons. The largest absolute Gasteiger partial charge is 0.465 e. The lowest BCUT2D eigenvalue weighted by molar-refractivity contribution is -0.117. The number of aryl methyl sites for hydroxylation is 1. The number of carbonyl (C=O) groups is 3. The van der Waals surface area contributed by atoms with Gasteiger partial charge in [0.15, 0.2) is 0 Å². The van der Waals surface area contributed by atoms with Crippen LogP contribution < -0.4 is 10.9 Å². The van der Waals surface area contributed by atoms with Crippen molar-refractivity contribution in [2.45, 2.75) is 6.92 Å². The average Bonchev–Trinajstić information content (AvgIpc) is 2.98. The smallest absolute Gasteiger partial charge is 0.341 e. The van der Waals surface area contributed by atoms with E-state index in [9.17, 15) is 14.4 Å². The van der Waals surface area contributed by atoms with Gasteiger partial charge in [-0.25, -0.2) is 4.79 Å². The van der Waals surface area contributed by atoms with Crippen molar-refractivity contribution in [3.8, 4) is 0 Å². The van der Waals surface area contributed by atoms with Crippen LogP contribution in [-0.2, 0) is 9.53 Å². The minimum absolute atomic E-state index is 0.172. The highest BCUT2D eigenvalue weighted by Gasteiger charge is 2.14. The topological polar surface area (TPSA) is 111 Å². The molecule has 0 atom stereocenters. The number of amides is 2. The Bertz CT molecular complexity index is 780. The summed E-state index contributed by atoms with van der Waals surface area (Å²) in [5, 5.41) is 0. The van der Waals surface area contributed by atoms with Crippen LogP contribution in [0, 0.1) is 6.92 Å². The van der Waals surface area contributed by atoms with Crippen molar-refractivity contribution in [3.05, 3.63) is 59.3 Å². The van der Waals surface area contributed by atoms with Crippen molar-refractivity contribution in [3.63, 3.8) is 0 Å². The van der Waals surface area contributed by atoms with E-state index in [0.29, 0.717) is 11.5 Å². The fourth-order valence-corrected chi connectivity index (χ4v) is 1.78. The van der Waals surface area contributed by atoms with Gasteiger partial charge in [0.25, 0.3) is 11.8 Å². The molecule has 0 radical (unpaired) electrons. The van der Waals surface area contributed by atoms with Crippen molar-refractivity contribution < 1.29 is 23.5 Å². The summed E-state index contributed by atoms with van der Waals surface area (Å²) in [7, 11) is 1.27. The minimum Gasteiger partial charge on any atom is -0.465 e. The van der Waals surface area contributed by atoms with E-state index in [0.717, 1.165) is 6.08 Å². The number of rotatable bonds is 4. The van der Waals surface area contributed by atoms with Gasteiger partial charge in [0.05, 0.1) is 7.11 Å². The Morgan fingerprint density at radius 3 is 2.71 bits per heavy atom. The molecule has 0 fully saturated rings. The Labute approximate surface area is 137 Å². The SMILES string of the molecule is COC(=O)c1cc(/C=C/C(=O)NNC(=O)c2ccccn2)oc1C. The summed E-state index contributed by atoms with van der Waals surface area (Å²) in [5.41, 5.74) is 4.88. The number of nitrogens with zero attached hydrogens (tertiary/aromatic N) is 1. The molecule has 0 saturated heterocycles. The van der Waals surface area contributed by atoms with E-state index < -0.39 is 17.8 Å². The van der Waals surface area contributed by atoms with Crippen molar-refractivity contribution in [1.82, 2.24) is 15.8 Å². The molecular weight excluding hydrogens is 314 g/mol. The van der Waals surface area contributed by atoms with Crippen molar-refractivity contribution >= 4 is 23.9 Å². The van der Waals surface area contributed by atoms with E-state index >= 15 is 0 Å². The molecule has 0 unspecified atom stereocenters. The molecule has 8 heteroatoms. The molecule has 2 heterocycles. The lowest BCUT2D eigenvalue weighted by Gasteiger charge is -2.03. The molecular formula is C16H15N3O5. The zero-order valence-electron chi connectivity index (χ0n) is 13.0. The first-order valence-electron chi connectivity index (χ1n) is 6.89. The predicted molar refractivity (Wildman–Crippen MR) is 83.7 cm³/mol. The first-order valence-corrected chi connectivity index (χ1v) is 6.89. The molecule has 2 rings (SSSR count). The highest BCUT2D eigenvalue weighted by atomic mass is 16.5. The van der Waals surface area contributed by atoms with E-state index in [-0.39, 0.29) is 11.3 Å². The summed E-state index contributed by atoms with van der Waals surface area (Å²) in [6.45, 7) is 1.61. The van der Waals surface area contributed by atoms with Crippen LogP contribution in [0.5, 0.6) is 0 Å². The Kier molecular flexibility index (Phi) is 5.45. The minimum atomic E-state index is -0.576. The second-order valence-electron chi connectivity index (χ2n) is 4.60. The van der Waals surface area contributed by atoms with Crippen molar-refractivity contribution in [2.24, 2.45) is 0 Å². The Morgan fingerprint density at radius 1 is 1.25 bits per heavy atom. The van der Waals surface area contributed by atoms with Gasteiger partial charge in [-0.1, -0.05) is 6.07 Å². The standard InChI is InChI=1S/C16H15N3O5/c1-10-12(16(22)23-2)9-11(24-10)6-7-14(20)18-19-15(21)13-5-3-4-8-17-13/h3-9H,1-2H3,(H,18,20)(H,19,21)/b7-6+. The number of hydrogen-bond donors (Lipinski definition) is 2. The summed E-state index contributed by atoms with van der Waals surface area (Å²) in [4.78, 5) is 38.7. The lowest BCUT2D eigenvalue weighted by Crippen LogP contribution is -2.41. The van der Waals surface area contributed by atoms with Gasteiger partial charge >= 0.3 is 5.97 Å². The summed E-state index contributed by atoms with van der Waals surface area (Å²) in [6.07, 6.45) is 3.98. The zero-order valence-corrected chi connectivity index (χ0v) is 13.0. The molecule has 0 spiro atoms. The van der Waals surface area contributed by atoms with Crippen LogP contribution in [0.3, 0.4) is 0 Å². The second kappa shape index (κ2) is 7.73.